The summed E-state index contributed by atoms with van der Waals surface area (Å²) in [6, 6.07) is 13.6. The van der Waals surface area contributed by atoms with Crippen LogP contribution in [0.25, 0.3) is 0 Å². The zero-order chi connectivity index (χ0) is 33.3. The average Bonchev–Trinajstić information content (AvgIpc) is 3.56. The van der Waals surface area contributed by atoms with Gasteiger partial charge in [-0.05, 0) is 85.1 Å². The molecule has 1 aliphatic carbocycles. The van der Waals surface area contributed by atoms with Gasteiger partial charge in [0, 0.05) is 18.2 Å². The van der Waals surface area contributed by atoms with Crippen LogP contribution in [-0.4, -0.2) is 52.5 Å². The van der Waals surface area contributed by atoms with Gasteiger partial charge < -0.3 is 10.2 Å². The molecule has 0 aromatic heterocycles. The van der Waals surface area contributed by atoms with E-state index in [1.54, 1.807) is 17.1 Å². The maximum absolute atomic E-state index is 14.6. The number of nitrogens with zero attached hydrogens (tertiary/aromatic N) is 4. The van der Waals surface area contributed by atoms with Crippen LogP contribution in [0.5, 0.6) is 0 Å². The second kappa shape index (κ2) is 13.1. The molecule has 3 aliphatic rings. The van der Waals surface area contributed by atoms with Crippen molar-refractivity contribution in [3.63, 3.8) is 0 Å². The van der Waals surface area contributed by atoms with E-state index < -0.39 is 5.66 Å². The molecule has 5 rings (SSSR count). The summed E-state index contributed by atoms with van der Waals surface area (Å²) in [5, 5.41) is 8.72. The number of hydrogen-bond donors (Lipinski definition) is 3. The van der Waals surface area contributed by atoms with Crippen molar-refractivity contribution in [2.45, 2.75) is 98.2 Å². The highest BCUT2D eigenvalue weighted by Gasteiger charge is 2.53. The molecule has 0 radical (unpaired) electrons. The summed E-state index contributed by atoms with van der Waals surface area (Å²) in [4.78, 5) is 34.8. The Morgan fingerprint density at radius 3 is 2.39 bits per heavy atom. The normalized spacial score (nSPS) is 22.5. The Balaban J connectivity index is 1.48. The number of amidine groups is 1. The molecule has 1 atom stereocenters. The van der Waals surface area contributed by atoms with E-state index in [1.165, 1.54) is 12.1 Å². The standard InChI is InChI=1S/C36H50FN7O2/c1-8-35(5,6)27-16-20-36(21-17-27)39-31(26-10-9-11-28(37)22-26)33(46)44(36)29(18-19-34(2,3)4)24-12-14-25(15-13-24)32(45)38-23-30-40-41-42-43(30)7/h9-15,22,27,29,41-42H,8,16-21,23H2,1-7H3,(H,38,45). The van der Waals surface area contributed by atoms with Crippen LogP contribution in [0.4, 0.5) is 4.39 Å². The average molecular weight is 632 g/mol. The van der Waals surface area contributed by atoms with Crippen molar-refractivity contribution < 1.29 is 14.0 Å². The predicted octanol–water partition coefficient (Wildman–Crippen LogP) is 6.35. The lowest BCUT2D eigenvalue weighted by atomic mass is 9.67. The quantitative estimate of drug-likeness (QED) is 0.284. The molecule has 1 unspecified atom stereocenters. The summed E-state index contributed by atoms with van der Waals surface area (Å²) < 4.78 is 14.4. The summed E-state index contributed by atoms with van der Waals surface area (Å²) in [6.45, 7) is 13.8. The Morgan fingerprint density at radius 1 is 1.11 bits per heavy atom. The molecule has 2 heterocycles. The molecule has 248 valence electrons. The van der Waals surface area contributed by atoms with Crippen LogP contribution in [0.15, 0.2) is 58.6 Å². The summed E-state index contributed by atoms with van der Waals surface area (Å²) in [5.74, 6) is 0.467. The van der Waals surface area contributed by atoms with E-state index in [9.17, 15) is 14.0 Å². The minimum Gasteiger partial charge on any atom is -0.345 e. The maximum atomic E-state index is 14.6. The molecule has 2 aromatic rings. The van der Waals surface area contributed by atoms with Gasteiger partial charge in [-0.2, -0.15) is 0 Å². The van der Waals surface area contributed by atoms with Crippen molar-refractivity contribution in [3.05, 3.63) is 71.0 Å². The first-order chi connectivity index (χ1) is 21.7. The lowest BCUT2D eigenvalue weighted by molar-refractivity contribution is -0.134. The molecule has 1 fully saturated rings. The van der Waals surface area contributed by atoms with Gasteiger partial charge in [-0.1, -0.05) is 72.2 Å². The summed E-state index contributed by atoms with van der Waals surface area (Å²) in [5.41, 5.74) is 7.40. The van der Waals surface area contributed by atoms with Crippen LogP contribution in [0.2, 0.25) is 0 Å². The fourth-order valence-corrected chi connectivity index (χ4v) is 6.97. The smallest absolute Gasteiger partial charge is 0.275 e. The fraction of sp³-hybridized carbons (Fsp3) is 0.556. The Kier molecular flexibility index (Phi) is 9.59. The van der Waals surface area contributed by atoms with E-state index in [0.29, 0.717) is 28.6 Å². The first kappa shape index (κ1) is 33.6. The first-order valence-corrected chi connectivity index (χ1v) is 16.6. The topological polar surface area (TPSA) is 101 Å². The maximum Gasteiger partial charge on any atom is 0.275 e. The van der Waals surface area contributed by atoms with Crippen LogP contribution in [0.1, 0.15) is 114 Å². The van der Waals surface area contributed by atoms with Gasteiger partial charge in [0.15, 0.2) is 5.84 Å². The molecule has 9 nitrogen and oxygen atoms in total. The third-order valence-electron chi connectivity index (χ3n) is 10.3. The molecule has 0 bridgehead atoms. The van der Waals surface area contributed by atoms with Gasteiger partial charge in [-0.25, -0.2) is 9.93 Å². The number of aliphatic imine (C=N–C) groups is 1. The number of hydrazine groups is 2. The zero-order valence-electron chi connectivity index (χ0n) is 28.4. The van der Waals surface area contributed by atoms with Crippen LogP contribution < -0.4 is 16.4 Å². The van der Waals surface area contributed by atoms with E-state index in [-0.39, 0.29) is 41.0 Å². The molecule has 2 aromatic carbocycles. The van der Waals surface area contributed by atoms with Gasteiger partial charge in [-0.3, -0.25) is 19.6 Å². The number of benzene rings is 2. The van der Waals surface area contributed by atoms with Gasteiger partial charge in [-0.15, -0.1) is 10.6 Å². The number of rotatable bonds is 10. The molecular formula is C36H50FN7O2. The van der Waals surface area contributed by atoms with E-state index in [2.05, 4.69) is 63.0 Å². The van der Waals surface area contributed by atoms with Gasteiger partial charge in [0.1, 0.15) is 17.2 Å². The minimum atomic E-state index is -0.701. The lowest BCUT2D eigenvalue weighted by Gasteiger charge is -2.48. The van der Waals surface area contributed by atoms with Gasteiger partial charge in [0.25, 0.3) is 11.8 Å². The molecule has 2 amide bonds. The Labute approximate surface area is 273 Å². The lowest BCUT2D eigenvalue weighted by Crippen LogP contribution is -2.51. The number of likely N-dealkylation sites (N-methyl/N-ethyl adjacent to an activating group) is 1. The van der Waals surface area contributed by atoms with Crippen molar-refractivity contribution in [1.82, 2.24) is 26.3 Å². The highest BCUT2D eigenvalue weighted by Crippen LogP contribution is 2.51. The molecule has 46 heavy (non-hydrogen) atoms. The van der Waals surface area contributed by atoms with E-state index in [0.717, 1.165) is 50.5 Å². The van der Waals surface area contributed by atoms with E-state index >= 15 is 0 Å². The van der Waals surface area contributed by atoms with Crippen molar-refractivity contribution in [2.75, 3.05) is 13.6 Å². The number of hydrazone groups is 1. The third kappa shape index (κ3) is 7.12. The number of amides is 2. The highest BCUT2D eigenvalue weighted by atomic mass is 19.1. The zero-order valence-corrected chi connectivity index (χ0v) is 28.4. The summed E-state index contributed by atoms with van der Waals surface area (Å²) >= 11 is 0. The number of carbonyl (C=O) groups excluding carboxylic acids is 2. The largest absolute Gasteiger partial charge is 0.345 e. The van der Waals surface area contributed by atoms with E-state index in [1.807, 2.05) is 36.2 Å². The summed E-state index contributed by atoms with van der Waals surface area (Å²) in [7, 11) is 1.81. The van der Waals surface area contributed by atoms with E-state index in [4.69, 9.17) is 4.99 Å². The number of hydrogen-bond acceptors (Lipinski definition) is 7. The monoisotopic (exact) mass is 631 g/mol. The van der Waals surface area contributed by atoms with Crippen molar-refractivity contribution >= 4 is 23.4 Å². The Hall–Kier alpha value is -3.79. The van der Waals surface area contributed by atoms with Crippen molar-refractivity contribution in [3.8, 4) is 0 Å². The third-order valence-corrected chi connectivity index (χ3v) is 10.3. The summed E-state index contributed by atoms with van der Waals surface area (Å²) in [6.07, 6.45) is 6.20. The van der Waals surface area contributed by atoms with Gasteiger partial charge in [0.05, 0.1) is 12.6 Å². The molecule has 10 heteroatoms. The second-order valence-corrected chi connectivity index (χ2v) is 15.0. The van der Waals surface area contributed by atoms with Crippen molar-refractivity contribution in [2.24, 2.45) is 26.8 Å². The van der Waals surface area contributed by atoms with Gasteiger partial charge >= 0.3 is 0 Å². The predicted molar refractivity (Wildman–Crippen MR) is 180 cm³/mol. The Morgan fingerprint density at radius 2 is 1.80 bits per heavy atom. The van der Waals surface area contributed by atoms with Gasteiger partial charge in [0.2, 0.25) is 0 Å². The fourth-order valence-electron chi connectivity index (χ4n) is 6.97. The molecule has 1 spiro atoms. The molecule has 0 saturated heterocycles. The van der Waals surface area contributed by atoms with Crippen LogP contribution in [-0.2, 0) is 4.79 Å². The number of carbonyl (C=O) groups is 2. The molecule has 3 N–H and O–H groups in total. The van der Waals surface area contributed by atoms with Crippen LogP contribution >= 0.6 is 0 Å². The van der Waals surface area contributed by atoms with Crippen molar-refractivity contribution in [1.29, 1.82) is 0 Å². The number of nitrogens with one attached hydrogen (secondary N) is 3. The Bertz CT molecular complexity index is 1490. The highest BCUT2D eigenvalue weighted by molar-refractivity contribution is 6.46. The second-order valence-electron chi connectivity index (χ2n) is 15.0. The first-order valence-electron chi connectivity index (χ1n) is 16.6. The minimum absolute atomic E-state index is 0.0445. The molecule has 1 saturated carbocycles. The van der Waals surface area contributed by atoms with Crippen LogP contribution in [0, 0.1) is 22.6 Å². The SMILES string of the molecule is CCC(C)(C)C1CCC2(CC1)N=C(c1cccc(F)c1)C(=O)N2C(CCC(C)(C)C)c1ccc(C(=O)NCC2=NNNN2C)cc1. The molecular weight excluding hydrogens is 581 g/mol. The number of halogens is 1. The van der Waals surface area contributed by atoms with Crippen LogP contribution in [0.3, 0.4) is 0 Å². The molecule has 2 aliphatic heterocycles.